The summed E-state index contributed by atoms with van der Waals surface area (Å²) in [6.07, 6.45) is 11.7. The van der Waals surface area contributed by atoms with Crippen molar-refractivity contribution < 1.29 is 24.9 Å². The molecule has 38 heavy (non-hydrogen) atoms. The molecule has 1 fully saturated rings. The molecular formula is C33H35IrN3O-2. The number of rotatable bonds is 3. The summed E-state index contributed by atoms with van der Waals surface area (Å²) in [5, 5.41) is 8.08. The molecule has 2 aliphatic carbocycles. The van der Waals surface area contributed by atoms with Gasteiger partial charge in [0.05, 0.1) is 0 Å². The molecule has 0 atom stereocenters. The molecule has 4 aromatic rings. The van der Waals surface area contributed by atoms with Crippen molar-refractivity contribution in [2.75, 3.05) is 0 Å². The summed E-state index contributed by atoms with van der Waals surface area (Å²) in [5.41, 5.74) is 7.83. The molecule has 0 bridgehead atoms. The molecule has 2 aliphatic rings. The molecule has 0 amide bonds. The van der Waals surface area contributed by atoms with E-state index in [1.54, 1.807) is 13.0 Å². The second-order valence-corrected chi connectivity index (χ2v) is 11.0. The van der Waals surface area contributed by atoms with Crippen LogP contribution in [0.3, 0.4) is 0 Å². The van der Waals surface area contributed by atoms with E-state index in [0.29, 0.717) is 6.04 Å². The number of allylic oxidation sites excluding steroid dienone is 2. The molecule has 2 aromatic heterocycles. The average Bonchev–Trinajstić information content (AvgIpc) is 2.87. The number of nitrogens with zero attached hydrogens (tertiary/aromatic N) is 3. The summed E-state index contributed by atoms with van der Waals surface area (Å²) in [6.45, 7) is 10.2. The minimum Gasteiger partial charge on any atom is -0.685 e. The number of aryl methyl sites for hydroxylation is 1. The summed E-state index contributed by atoms with van der Waals surface area (Å²) >= 11 is 0. The monoisotopic (exact) mass is 682 g/mol. The Hall–Kier alpha value is -2.88. The third-order valence-electron chi connectivity index (χ3n) is 7.61. The van der Waals surface area contributed by atoms with E-state index in [1.165, 1.54) is 59.6 Å². The van der Waals surface area contributed by atoms with Gasteiger partial charge in [0.1, 0.15) is 0 Å². The van der Waals surface area contributed by atoms with Gasteiger partial charge < -0.3 is 5.32 Å². The molecule has 1 radical (unpaired) electrons. The van der Waals surface area contributed by atoms with E-state index in [2.05, 4.69) is 67.5 Å². The number of carbonyl (C=O) groups excluding carboxylic acids is 1. The molecule has 0 unspecified atom stereocenters. The normalized spacial score (nSPS) is 16.2. The first kappa shape index (κ1) is 28.1. The van der Waals surface area contributed by atoms with Gasteiger partial charge >= 0.3 is 0 Å². The first-order valence-electron chi connectivity index (χ1n) is 13.4. The quantitative estimate of drug-likeness (QED) is 0.161. The van der Waals surface area contributed by atoms with Crippen molar-refractivity contribution in [1.82, 2.24) is 9.97 Å². The maximum Gasteiger partial charge on any atom is 0.151 e. The van der Waals surface area contributed by atoms with E-state index in [9.17, 15) is 4.79 Å². The average molecular weight is 682 g/mol. The number of fused-ring (bicyclic) bond motifs is 3. The number of aromatic nitrogens is 2. The van der Waals surface area contributed by atoms with Gasteiger partial charge in [-0.3, -0.25) is 14.8 Å². The van der Waals surface area contributed by atoms with Gasteiger partial charge in [-0.2, -0.15) is 5.70 Å². The summed E-state index contributed by atoms with van der Waals surface area (Å²) < 4.78 is 0. The van der Waals surface area contributed by atoms with E-state index in [0.717, 1.165) is 27.9 Å². The molecule has 6 rings (SSSR count). The van der Waals surface area contributed by atoms with Gasteiger partial charge in [-0.25, -0.2) is 0 Å². The minimum absolute atomic E-state index is 0. The third kappa shape index (κ3) is 5.60. The number of benzene rings is 2. The largest absolute Gasteiger partial charge is 0.685 e. The number of carbonyl (C=O) groups is 1. The van der Waals surface area contributed by atoms with Gasteiger partial charge in [0.15, 0.2) is 5.78 Å². The summed E-state index contributed by atoms with van der Waals surface area (Å²) in [7, 11) is 0. The Morgan fingerprint density at radius 3 is 2.53 bits per heavy atom. The van der Waals surface area contributed by atoms with Crippen molar-refractivity contribution >= 4 is 27.5 Å². The fourth-order valence-electron chi connectivity index (χ4n) is 5.85. The van der Waals surface area contributed by atoms with Crippen LogP contribution in [0.4, 0.5) is 0 Å². The first-order valence-corrected chi connectivity index (χ1v) is 13.4. The molecule has 1 saturated carbocycles. The summed E-state index contributed by atoms with van der Waals surface area (Å²) in [4.78, 5) is 20.0. The van der Waals surface area contributed by atoms with Crippen LogP contribution in [0.5, 0.6) is 0 Å². The van der Waals surface area contributed by atoms with Crippen molar-refractivity contribution in [3.63, 3.8) is 0 Å². The molecule has 0 saturated heterocycles. The van der Waals surface area contributed by atoms with Crippen molar-refractivity contribution in [3.8, 4) is 11.3 Å². The van der Waals surface area contributed by atoms with Gasteiger partial charge in [-0.05, 0) is 53.3 Å². The molecule has 199 valence electrons. The van der Waals surface area contributed by atoms with E-state index >= 15 is 0 Å². The van der Waals surface area contributed by atoms with Gasteiger partial charge in [-0.15, -0.1) is 18.2 Å². The smallest absolute Gasteiger partial charge is 0.151 e. The standard InChI is InChI=1S/C22H17N2.C11H19NO.Ir/c1-13-9-15-6-8-24-21-16-11-14-5-4-7-23-19(14)12-17(16)22(2,3)18(10-13)20(15)21;1-9(8-10(2)13)12-11-6-4-3-5-7-11;/h4-10,12H,1-3H3;8,11H,3-7H2,1-2H3,(H,12,13);/q-1;;/p-1. The molecule has 4 nitrogen and oxygen atoms in total. The Labute approximate surface area is 239 Å². The van der Waals surface area contributed by atoms with Crippen LogP contribution in [0.15, 0.2) is 60.6 Å². The van der Waals surface area contributed by atoms with E-state index in [4.69, 9.17) is 4.98 Å². The van der Waals surface area contributed by atoms with Crippen molar-refractivity contribution in [2.45, 2.75) is 78.2 Å². The van der Waals surface area contributed by atoms with Crippen LogP contribution in [0.25, 0.3) is 38.2 Å². The zero-order valence-corrected chi connectivity index (χ0v) is 25.3. The maximum absolute atomic E-state index is 10.8. The van der Waals surface area contributed by atoms with E-state index in [-0.39, 0.29) is 31.3 Å². The summed E-state index contributed by atoms with van der Waals surface area (Å²) in [6, 6.07) is 17.0. The molecular weight excluding hydrogens is 647 g/mol. The Morgan fingerprint density at radius 1 is 1.03 bits per heavy atom. The van der Waals surface area contributed by atoms with Crippen molar-refractivity contribution in [3.05, 3.63) is 88.6 Å². The van der Waals surface area contributed by atoms with Crippen LogP contribution in [-0.2, 0) is 30.3 Å². The van der Waals surface area contributed by atoms with Crippen LogP contribution in [-0.4, -0.2) is 21.8 Å². The van der Waals surface area contributed by atoms with E-state index < -0.39 is 0 Å². The second kappa shape index (κ2) is 11.5. The molecule has 2 heterocycles. The maximum atomic E-state index is 10.8. The molecule has 0 N–H and O–H groups in total. The van der Waals surface area contributed by atoms with Crippen molar-refractivity contribution in [1.29, 1.82) is 0 Å². The SMILES string of the molecule is CC(=O)/C=C(/C)[N-]C1CCCCC1.Cc1cc2c3c(nccc3c1)-c1[c-]c3cccnc3cc1C2(C)C.[Ir]. The first-order chi connectivity index (χ1) is 17.7. The molecule has 2 aromatic carbocycles. The number of hydrogen-bond acceptors (Lipinski definition) is 3. The zero-order valence-electron chi connectivity index (χ0n) is 22.9. The van der Waals surface area contributed by atoms with Gasteiger partial charge in [0.2, 0.25) is 0 Å². The number of pyridine rings is 2. The van der Waals surface area contributed by atoms with Gasteiger partial charge in [-0.1, -0.05) is 99.2 Å². The zero-order chi connectivity index (χ0) is 26.2. The third-order valence-corrected chi connectivity index (χ3v) is 7.61. The van der Waals surface area contributed by atoms with Crippen LogP contribution in [0.1, 0.15) is 76.5 Å². The molecule has 0 aliphatic heterocycles. The van der Waals surface area contributed by atoms with Crippen LogP contribution < -0.4 is 0 Å². The number of ketones is 1. The predicted octanol–water partition coefficient (Wildman–Crippen LogP) is 8.38. The van der Waals surface area contributed by atoms with Crippen LogP contribution in [0.2, 0.25) is 0 Å². The van der Waals surface area contributed by atoms with Crippen LogP contribution in [0, 0.1) is 13.0 Å². The Bertz CT molecular complexity index is 1520. The number of hydrogen-bond donors (Lipinski definition) is 0. The Morgan fingerprint density at radius 2 is 1.79 bits per heavy atom. The summed E-state index contributed by atoms with van der Waals surface area (Å²) in [5.74, 6) is 0.0945. The Kier molecular flexibility index (Phi) is 8.49. The van der Waals surface area contributed by atoms with Crippen LogP contribution >= 0.6 is 0 Å². The fraction of sp³-hybridized carbons (Fsp3) is 0.364. The Balaban J connectivity index is 0.000000207. The van der Waals surface area contributed by atoms with E-state index in [1.807, 2.05) is 25.4 Å². The minimum atomic E-state index is -0.0994. The van der Waals surface area contributed by atoms with Gasteiger partial charge in [0.25, 0.3) is 0 Å². The van der Waals surface area contributed by atoms with Gasteiger partial charge in [0, 0.05) is 38.2 Å². The van der Waals surface area contributed by atoms with Crippen molar-refractivity contribution in [2.24, 2.45) is 0 Å². The predicted molar refractivity (Wildman–Crippen MR) is 153 cm³/mol. The molecule has 0 spiro atoms. The fourth-order valence-corrected chi connectivity index (χ4v) is 5.85. The molecule has 5 heteroatoms. The topological polar surface area (TPSA) is 57.0 Å². The second-order valence-electron chi connectivity index (χ2n) is 11.0.